The third kappa shape index (κ3) is 3.27. The lowest BCUT2D eigenvalue weighted by Gasteiger charge is -2.38. The van der Waals surface area contributed by atoms with E-state index in [9.17, 15) is 0 Å². The second kappa shape index (κ2) is 5.46. The predicted octanol–water partition coefficient (Wildman–Crippen LogP) is 2.40. The molecular weight excluding hydrogens is 232 g/mol. The Morgan fingerprint density at radius 3 is 3.06 bits per heavy atom. The van der Waals surface area contributed by atoms with Crippen molar-refractivity contribution in [2.24, 2.45) is 5.41 Å². The lowest BCUT2D eigenvalue weighted by Crippen LogP contribution is -2.47. The van der Waals surface area contributed by atoms with Crippen molar-refractivity contribution in [1.29, 1.82) is 0 Å². The average molecular weight is 254 g/mol. The highest BCUT2D eigenvalue weighted by atomic mass is 32.1. The molecule has 4 heteroatoms. The van der Waals surface area contributed by atoms with Crippen LogP contribution in [0.15, 0.2) is 5.51 Å². The summed E-state index contributed by atoms with van der Waals surface area (Å²) in [7, 11) is 0. The van der Waals surface area contributed by atoms with Crippen molar-refractivity contribution in [1.82, 2.24) is 10.3 Å². The molecule has 2 heterocycles. The first kappa shape index (κ1) is 13.0. The van der Waals surface area contributed by atoms with E-state index in [1.54, 1.807) is 11.3 Å². The van der Waals surface area contributed by atoms with E-state index < -0.39 is 0 Å². The minimum absolute atomic E-state index is 0.251. The molecule has 1 aliphatic rings. The number of aromatic nitrogens is 1. The Bertz CT molecular complexity index is 362. The van der Waals surface area contributed by atoms with E-state index >= 15 is 0 Å². The van der Waals surface area contributed by atoms with Gasteiger partial charge in [0.15, 0.2) is 0 Å². The van der Waals surface area contributed by atoms with Gasteiger partial charge >= 0.3 is 0 Å². The smallest absolute Gasteiger partial charge is 0.0797 e. The molecule has 1 aromatic rings. The zero-order valence-corrected chi connectivity index (χ0v) is 11.8. The molecule has 1 saturated heterocycles. The van der Waals surface area contributed by atoms with Crippen LogP contribution in [0.1, 0.15) is 30.8 Å². The normalized spacial score (nSPS) is 23.8. The van der Waals surface area contributed by atoms with Crippen molar-refractivity contribution >= 4 is 11.3 Å². The first-order valence-corrected chi connectivity index (χ1v) is 7.19. The van der Waals surface area contributed by atoms with Gasteiger partial charge in [0.2, 0.25) is 0 Å². The van der Waals surface area contributed by atoms with Gasteiger partial charge in [0.1, 0.15) is 0 Å². The molecule has 0 aliphatic carbocycles. The highest BCUT2D eigenvalue weighted by Crippen LogP contribution is 2.28. The number of nitrogens with zero attached hydrogens (tertiary/aromatic N) is 1. The van der Waals surface area contributed by atoms with Gasteiger partial charge in [0.25, 0.3) is 0 Å². The topological polar surface area (TPSA) is 34.1 Å². The summed E-state index contributed by atoms with van der Waals surface area (Å²) in [5.41, 5.74) is 3.32. The van der Waals surface area contributed by atoms with E-state index in [4.69, 9.17) is 4.74 Å². The van der Waals surface area contributed by atoms with Crippen LogP contribution in [-0.2, 0) is 11.2 Å². The maximum atomic E-state index is 6.07. The van der Waals surface area contributed by atoms with Gasteiger partial charge in [-0.2, -0.15) is 0 Å². The molecule has 1 aromatic heterocycles. The van der Waals surface area contributed by atoms with Crippen molar-refractivity contribution in [3.63, 3.8) is 0 Å². The molecule has 0 saturated carbocycles. The molecule has 96 valence electrons. The van der Waals surface area contributed by atoms with Crippen molar-refractivity contribution in [3.05, 3.63) is 16.1 Å². The Labute approximate surface area is 108 Å². The monoisotopic (exact) mass is 254 g/mol. The molecule has 0 bridgehead atoms. The summed E-state index contributed by atoms with van der Waals surface area (Å²) in [6.07, 6.45) is 2.50. The number of aryl methyl sites for hydroxylation is 1. The fraction of sp³-hybridized carbons (Fsp3) is 0.769. The summed E-state index contributed by atoms with van der Waals surface area (Å²) < 4.78 is 6.07. The maximum Gasteiger partial charge on any atom is 0.0797 e. The average Bonchev–Trinajstić information content (AvgIpc) is 2.67. The molecule has 3 nitrogen and oxygen atoms in total. The second-order valence-corrected chi connectivity index (χ2v) is 6.36. The van der Waals surface area contributed by atoms with Gasteiger partial charge in [-0.25, -0.2) is 4.98 Å². The van der Waals surface area contributed by atoms with E-state index in [0.29, 0.717) is 6.10 Å². The summed E-state index contributed by atoms with van der Waals surface area (Å²) in [5.74, 6) is 0. The fourth-order valence-corrected chi connectivity index (χ4v) is 3.08. The number of rotatable bonds is 4. The first-order valence-electron chi connectivity index (χ1n) is 6.31. The molecule has 1 N–H and O–H groups in total. The van der Waals surface area contributed by atoms with Crippen molar-refractivity contribution in [2.45, 2.75) is 39.7 Å². The summed E-state index contributed by atoms with van der Waals surface area (Å²) in [5, 5.41) is 3.43. The van der Waals surface area contributed by atoms with E-state index in [1.807, 2.05) is 5.51 Å². The minimum Gasteiger partial charge on any atom is -0.377 e. The number of hydrogen-bond acceptors (Lipinski definition) is 4. The Kier molecular flexibility index (Phi) is 4.17. The van der Waals surface area contributed by atoms with Crippen LogP contribution in [0.4, 0.5) is 0 Å². The van der Waals surface area contributed by atoms with E-state index in [-0.39, 0.29) is 5.41 Å². The molecule has 1 fully saturated rings. The molecule has 0 amide bonds. The summed E-state index contributed by atoms with van der Waals surface area (Å²) in [6, 6.07) is 0. The molecule has 0 aromatic carbocycles. The summed E-state index contributed by atoms with van der Waals surface area (Å²) >= 11 is 1.73. The van der Waals surface area contributed by atoms with Gasteiger partial charge in [-0.05, 0) is 19.9 Å². The minimum atomic E-state index is 0.251. The molecule has 0 radical (unpaired) electrons. The number of ether oxygens (including phenoxy) is 1. The standard InChI is InChI=1S/C13H22N2OS/c1-10-11(17-9-15-10)5-7-16-12-4-6-14-8-13(12,2)3/h9,12,14H,4-8H2,1-3H3. The van der Waals surface area contributed by atoms with Crippen LogP contribution in [0.3, 0.4) is 0 Å². The zero-order chi connectivity index (χ0) is 12.3. The molecular formula is C13H22N2OS. The Morgan fingerprint density at radius 1 is 1.59 bits per heavy atom. The largest absolute Gasteiger partial charge is 0.377 e. The third-order valence-electron chi connectivity index (χ3n) is 3.53. The number of hydrogen-bond donors (Lipinski definition) is 1. The quantitative estimate of drug-likeness (QED) is 0.896. The van der Waals surface area contributed by atoms with Crippen LogP contribution in [0.5, 0.6) is 0 Å². The van der Waals surface area contributed by atoms with Crippen molar-refractivity contribution < 1.29 is 4.74 Å². The molecule has 1 aliphatic heterocycles. The van der Waals surface area contributed by atoms with Crippen LogP contribution in [0.25, 0.3) is 0 Å². The number of piperidine rings is 1. The molecule has 17 heavy (non-hydrogen) atoms. The highest BCUT2D eigenvalue weighted by Gasteiger charge is 2.32. The van der Waals surface area contributed by atoms with Gasteiger partial charge in [-0.1, -0.05) is 13.8 Å². The predicted molar refractivity (Wildman–Crippen MR) is 71.6 cm³/mol. The summed E-state index contributed by atoms with van der Waals surface area (Å²) in [6.45, 7) is 9.58. The van der Waals surface area contributed by atoms with Crippen LogP contribution in [0.2, 0.25) is 0 Å². The second-order valence-electron chi connectivity index (χ2n) is 5.42. The van der Waals surface area contributed by atoms with Crippen LogP contribution >= 0.6 is 11.3 Å². The lowest BCUT2D eigenvalue weighted by atomic mass is 9.82. The molecule has 1 unspecified atom stereocenters. The van der Waals surface area contributed by atoms with Crippen molar-refractivity contribution in [3.8, 4) is 0 Å². The van der Waals surface area contributed by atoms with Gasteiger partial charge in [-0.3, -0.25) is 0 Å². The van der Waals surface area contributed by atoms with Crippen LogP contribution in [0, 0.1) is 12.3 Å². The van der Waals surface area contributed by atoms with Crippen molar-refractivity contribution in [2.75, 3.05) is 19.7 Å². The van der Waals surface area contributed by atoms with E-state index in [1.165, 1.54) is 4.88 Å². The zero-order valence-electron chi connectivity index (χ0n) is 11.0. The summed E-state index contributed by atoms with van der Waals surface area (Å²) in [4.78, 5) is 5.62. The molecule has 0 spiro atoms. The van der Waals surface area contributed by atoms with Crippen LogP contribution in [-0.4, -0.2) is 30.8 Å². The van der Waals surface area contributed by atoms with Gasteiger partial charge in [0, 0.05) is 23.3 Å². The number of nitrogens with one attached hydrogen (secondary N) is 1. The van der Waals surface area contributed by atoms with E-state index in [0.717, 1.165) is 38.2 Å². The Hall–Kier alpha value is -0.450. The molecule has 1 atom stereocenters. The number of thiazole rings is 1. The van der Waals surface area contributed by atoms with Gasteiger partial charge in [0.05, 0.1) is 23.9 Å². The third-order valence-corrected chi connectivity index (χ3v) is 4.52. The Balaban J connectivity index is 1.80. The highest BCUT2D eigenvalue weighted by molar-refractivity contribution is 7.09. The van der Waals surface area contributed by atoms with Gasteiger partial charge < -0.3 is 10.1 Å². The van der Waals surface area contributed by atoms with Crippen LogP contribution < -0.4 is 5.32 Å². The SMILES string of the molecule is Cc1ncsc1CCOC1CCNCC1(C)C. The fourth-order valence-electron chi connectivity index (χ4n) is 2.32. The van der Waals surface area contributed by atoms with Gasteiger partial charge in [-0.15, -0.1) is 11.3 Å². The Morgan fingerprint density at radius 2 is 2.41 bits per heavy atom. The first-order chi connectivity index (χ1) is 8.09. The maximum absolute atomic E-state index is 6.07. The lowest BCUT2D eigenvalue weighted by molar-refractivity contribution is -0.0413. The molecule has 2 rings (SSSR count). The van der Waals surface area contributed by atoms with E-state index in [2.05, 4.69) is 31.1 Å².